The maximum atomic E-state index is 13.3. The summed E-state index contributed by atoms with van der Waals surface area (Å²) in [6.45, 7) is 4.64. The smallest absolute Gasteiger partial charge is 0.190 e. The van der Waals surface area contributed by atoms with Crippen LogP contribution in [0.15, 0.2) is 58.9 Å². The number of benzene rings is 2. The summed E-state index contributed by atoms with van der Waals surface area (Å²) in [6, 6.07) is 14.8. The highest BCUT2D eigenvalue weighted by Gasteiger charge is 2.13. The van der Waals surface area contributed by atoms with E-state index in [1.54, 1.807) is 23.5 Å². The van der Waals surface area contributed by atoms with Gasteiger partial charge in [0.05, 0.1) is 24.6 Å². The minimum absolute atomic E-state index is 0.0320. The van der Waals surface area contributed by atoms with Crippen molar-refractivity contribution in [1.82, 2.24) is 9.88 Å². The third-order valence-corrected chi connectivity index (χ3v) is 6.13. The van der Waals surface area contributed by atoms with E-state index in [0.29, 0.717) is 18.8 Å². The summed E-state index contributed by atoms with van der Waals surface area (Å²) in [4.78, 5) is 7.91. The molecule has 1 aliphatic heterocycles. The normalized spacial score (nSPS) is 14.5. The van der Waals surface area contributed by atoms with Crippen LogP contribution in [0.1, 0.15) is 6.42 Å². The second-order valence-corrected chi connectivity index (χ2v) is 8.32. The minimum atomic E-state index is -0.278. The lowest BCUT2D eigenvalue weighted by molar-refractivity contribution is 0.122. The Morgan fingerprint density at radius 3 is 2.53 bits per heavy atom. The van der Waals surface area contributed by atoms with Crippen LogP contribution >= 0.6 is 11.3 Å². The van der Waals surface area contributed by atoms with Crippen molar-refractivity contribution >= 4 is 28.7 Å². The molecule has 1 aromatic heterocycles. The number of hydrogen-bond donors (Lipinski definition) is 3. The first kappa shape index (κ1) is 22.0. The average molecular weight is 455 g/mol. The number of rotatable bonds is 7. The zero-order valence-electron chi connectivity index (χ0n) is 17.8. The molecule has 0 atom stereocenters. The van der Waals surface area contributed by atoms with Crippen LogP contribution in [0, 0.1) is 11.2 Å². The van der Waals surface area contributed by atoms with Crippen molar-refractivity contribution < 1.29 is 9.13 Å². The van der Waals surface area contributed by atoms with Crippen LogP contribution in [-0.2, 0) is 11.3 Å². The maximum absolute atomic E-state index is 13.3. The minimum Gasteiger partial charge on any atom is -0.378 e. The van der Waals surface area contributed by atoms with Crippen molar-refractivity contribution in [2.24, 2.45) is 10.7 Å². The molecule has 32 heavy (non-hydrogen) atoms. The molecule has 2 aromatic carbocycles. The summed E-state index contributed by atoms with van der Waals surface area (Å²) >= 11 is 1.55. The summed E-state index contributed by atoms with van der Waals surface area (Å²) in [5.74, 6) is -0.310. The molecule has 1 fully saturated rings. The molecule has 3 aromatic rings. The number of morpholine rings is 1. The number of nitrogens with zero attached hydrogens (tertiary/aromatic N) is 3. The van der Waals surface area contributed by atoms with Gasteiger partial charge in [-0.2, -0.15) is 0 Å². The molecule has 0 saturated carbocycles. The van der Waals surface area contributed by atoms with Gasteiger partial charge < -0.3 is 25.3 Å². The van der Waals surface area contributed by atoms with E-state index in [0.717, 1.165) is 48.8 Å². The third kappa shape index (κ3) is 5.54. The number of aromatic nitrogens is 1. The van der Waals surface area contributed by atoms with Crippen molar-refractivity contribution in [2.45, 2.75) is 13.0 Å². The Kier molecular flexibility index (Phi) is 7.18. The highest BCUT2D eigenvalue weighted by atomic mass is 32.1. The predicted molar refractivity (Wildman–Crippen MR) is 127 cm³/mol. The van der Waals surface area contributed by atoms with Gasteiger partial charge in [-0.1, -0.05) is 12.1 Å². The lowest BCUT2D eigenvalue weighted by Crippen LogP contribution is -2.36. The Balaban J connectivity index is 1.62. The summed E-state index contributed by atoms with van der Waals surface area (Å²) in [7, 11) is 0. The lowest BCUT2D eigenvalue weighted by Gasteiger charge is -2.28. The van der Waals surface area contributed by atoms with Crippen molar-refractivity contribution in [1.29, 1.82) is 5.41 Å². The van der Waals surface area contributed by atoms with Crippen LogP contribution in [0.25, 0.3) is 11.3 Å². The number of halogens is 1. The Morgan fingerprint density at radius 2 is 1.84 bits per heavy atom. The van der Waals surface area contributed by atoms with Gasteiger partial charge in [-0.3, -0.25) is 5.41 Å². The number of nitrogens with two attached hydrogens (primary N) is 1. The molecule has 0 radical (unpaired) electrons. The first-order valence-corrected chi connectivity index (χ1v) is 11.5. The molecule has 9 heteroatoms. The average Bonchev–Trinajstić information content (AvgIpc) is 3.21. The molecule has 0 bridgehead atoms. The molecule has 0 unspecified atom stereocenters. The zero-order chi connectivity index (χ0) is 22.3. The highest BCUT2D eigenvalue weighted by Crippen LogP contribution is 2.25. The molecule has 4 N–H and O–H groups in total. The van der Waals surface area contributed by atoms with Crippen molar-refractivity contribution in [3.05, 3.63) is 64.5 Å². The number of guanidine groups is 1. The van der Waals surface area contributed by atoms with Gasteiger partial charge >= 0.3 is 0 Å². The van der Waals surface area contributed by atoms with Gasteiger partial charge in [-0.25, -0.2) is 9.38 Å². The van der Waals surface area contributed by atoms with E-state index in [9.17, 15) is 4.39 Å². The van der Waals surface area contributed by atoms with Crippen LogP contribution in [0.3, 0.4) is 0 Å². The Bertz CT molecular complexity index is 1100. The predicted octanol–water partition coefficient (Wildman–Crippen LogP) is 3.30. The summed E-state index contributed by atoms with van der Waals surface area (Å²) in [5.41, 5.74) is 9.49. The summed E-state index contributed by atoms with van der Waals surface area (Å²) < 4.78 is 20.9. The van der Waals surface area contributed by atoms with Crippen molar-refractivity contribution in [2.75, 3.05) is 37.7 Å². The zero-order valence-corrected chi connectivity index (χ0v) is 18.6. The van der Waals surface area contributed by atoms with Crippen LogP contribution in [0.5, 0.6) is 0 Å². The van der Waals surface area contributed by atoms with Gasteiger partial charge in [0.15, 0.2) is 10.8 Å². The third-order valence-electron chi connectivity index (χ3n) is 5.26. The van der Waals surface area contributed by atoms with Crippen LogP contribution in [0.4, 0.5) is 15.8 Å². The van der Waals surface area contributed by atoms with Gasteiger partial charge in [0.2, 0.25) is 0 Å². The maximum Gasteiger partial charge on any atom is 0.190 e. The molecule has 2 heterocycles. The van der Waals surface area contributed by atoms with Gasteiger partial charge in [-0.15, -0.1) is 11.3 Å². The first-order valence-electron chi connectivity index (χ1n) is 10.6. The van der Waals surface area contributed by atoms with Crippen LogP contribution in [0.2, 0.25) is 0 Å². The molecule has 0 spiro atoms. The molecular formula is C23H27FN6OS. The number of nitrogens with one attached hydrogen (secondary N) is 2. The molecule has 168 valence electrons. The largest absolute Gasteiger partial charge is 0.378 e. The first-order chi connectivity index (χ1) is 15.6. The quantitative estimate of drug-likeness (QED) is 0.290. The molecule has 1 aliphatic rings. The van der Waals surface area contributed by atoms with Gasteiger partial charge in [0, 0.05) is 37.2 Å². The van der Waals surface area contributed by atoms with E-state index in [4.69, 9.17) is 20.9 Å². The van der Waals surface area contributed by atoms with E-state index in [-0.39, 0.29) is 11.8 Å². The standard InChI is InChI=1S/C23H27FN6OS/c24-18-4-6-19(7-5-18)28-23-30(11-1-10-27-22(25)26)21(16-32-23)17-2-8-20(9-3-17)29-12-14-31-15-13-29/h2-9,16H,1,10-15H2,(H4,25,26,27)/b28-23-. The van der Waals surface area contributed by atoms with Gasteiger partial charge in [0.1, 0.15) is 5.82 Å². The van der Waals surface area contributed by atoms with Gasteiger partial charge in [-0.05, 0) is 48.4 Å². The number of ether oxygens (including phenoxy) is 1. The topological polar surface area (TPSA) is 91.7 Å². The Hall–Kier alpha value is -3.17. The van der Waals surface area contributed by atoms with E-state index < -0.39 is 0 Å². The lowest BCUT2D eigenvalue weighted by atomic mass is 10.1. The highest BCUT2D eigenvalue weighted by molar-refractivity contribution is 7.07. The van der Waals surface area contributed by atoms with E-state index in [2.05, 4.69) is 44.4 Å². The fourth-order valence-corrected chi connectivity index (χ4v) is 4.57. The molecule has 1 saturated heterocycles. The second-order valence-electron chi connectivity index (χ2n) is 7.48. The monoisotopic (exact) mass is 454 g/mol. The van der Waals surface area contributed by atoms with E-state index in [1.165, 1.54) is 17.8 Å². The van der Waals surface area contributed by atoms with E-state index in [1.807, 2.05) is 0 Å². The number of anilines is 1. The van der Waals surface area contributed by atoms with Crippen molar-refractivity contribution in [3.63, 3.8) is 0 Å². The fourth-order valence-electron chi connectivity index (χ4n) is 3.62. The summed E-state index contributed by atoms with van der Waals surface area (Å²) in [6.07, 6.45) is 0.784. The Morgan fingerprint density at radius 1 is 1.12 bits per heavy atom. The Labute approximate surface area is 190 Å². The number of thiazole rings is 1. The van der Waals surface area contributed by atoms with Crippen molar-refractivity contribution in [3.8, 4) is 11.3 Å². The second kappa shape index (κ2) is 10.4. The molecule has 0 aliphatic carbocycles. The fraction of sp³-hybridized carbons (Fsp3) is 0.304. The summed E-state index contributed by atoms with van der Waals surface area (Å²) in [5, 5.41) is 12.3. The number of hydrogen-bond acceptors (Lipinski definition) is 5. The molecule has 7 nitrogen and oxygen atoms in total. The van der Waals surface area contributed by atoms with Gasteiger partial charge in [0.25, 0.3) is 0 Å². The van der Waals surface area contributed by atoms with E-state index >= 15 is 0 Å². The molecule has 0 amide bonds. The SMILES string of the molecule is N=C(N)NCCCn1c(-c2ccc(N3CCOCC3)cc2)cs/c1=N\c1ccc(F)cc1. The molecule has 4 rings (SSSR count). The van der Waals surface area contributed by atoms with Crippen LogP contribution in [-0.4, -0.2) is 43.4 Å². The van der Waals surface area contributed by atoms with Crippen LogP contribution < -0.4 is 20.8 Å². The molecular weight excluding hydrogens is 427 g/mol.